The molecule has 0 aromatic carbocycles. The van der Waals surface area contributed by atoms with Crippen LogP contribution in [0.25, 0.3) is 0 Å². The Morgan fingerprint density at radius 2 is 2.14 bits per heavy atom. The van der Waals surface area contributed by atoms with Crippen LogP contribution in [0.3, 0.4) is 0 Å². The number of rotatable bonds is 3. The Hall–Kier alpha value is -0.810. The quantitative estimate of drug-likeness (QED) is 0.577. The molecule has 14 heavy (non-hydrogen) atoms. The molecule has 82 valence electrons. The van der Waals surface area contributed by atoms with Crippen LogP contribution in [0.2, 0.25) is 0 Å². The molecule has 0 aliphatic carbocycles. The van der Waals surface area contributed by atoms with Gasteiger partial charge in [-0.1, -0.05) is 0 Å². The molecule has 0 spiro atoms. The van der Waals surface area contributed by atoms with Gasteiger partial charge >= 0.3 is 6.09 Å². The van der Waals surface area contributed by atoms with E-state index in [4.69, 9.17) is 9.84 Å². The molecule has 0 radical (unpaired) electrons. The predicted octanol–water partition coefficient (Wildman–Crippen LogP) is -1.66. The minimum Gasteiger partial charge on any atom is -0.450 e. The zero-order chi connectivity index (χ0) is 10.4. The highest BCUT2D eigenvalue weighted by molar-refractivity contribution is 5.67. The number of aliphatic hydroxyl groups excluding tert-OH is 1. The summed E-state index contributed by atoms with van der Waals surface area (Å²) in [7, 11) is 0. The first-order valence-corrected chi connectivity index (χ1v) is 5.14. The maximum atomic E-state index is 11.3. The topological polar surface area (TPSA) is 54.2 Å². The van der Waals surface area contributed by atoms with Crippen molar-refractivity contribution in [1.82, 2.24) is 4.90 Å². The SMILES string of the molecule is CCOC(=O)N1CC[NH+](CCO)CC1. The lowest BCUT2D eigenvalue weighted by molar-refractivity contribution is -0.904. The normalized spacial score (nSPS) is 18.3. The van der Waals surface area contributed by atoms with Gasteiger partial charge in [0.1, 0.15) is 6.54 Å². The third kappa shape index (κ3) is 3.16. The van der Waals surface area contributed by atoms with Crippen molar-refractivity contribution in [2.45, 2.75) is 6.92 Å². The van der Waals surface area contributed by atoms with Crippen molar-refractivity contribution in [1.29, 1.82) is 0 Å². The van der Waals surface area contributed by atoms with E-state index < -0.39 is 0 Å². The van der Waals surface area contributed by atoms with E-state index in [9.17, 15) is 4.79 Å². The lowest BCUT2D eigenvalue weighted by Gasteiger charge is -2.31. The zero-order valence-electron chi connectivity index (χ0n) is 8.66. The number of piperazine rings is 1. The monoisotopic (exact) mass is 203 g/mol. The third-order valence-electron chi connectivity index (χ3n) is 2.46. The van der Waals surface area contributed by atoms with Crippen molar-refractivity contribution in [3.05, 3.63) is 0 Å². The molecule has 1 fully saturated rings. The second-order valence-corrected chi connectivity index (χ2v) is 3.41. The summed E-state index contributed by atoms with van der Waals surface area (Å²) >= 11 is 0. The van der Waals surface area contributed by atoms with Gasteiger partial charge < -0.3 is 14.7 Å². The van der Waals surface area contributed by atoms with Crippen molar-refractivity contribution in [3.8, 4) is 0 Å². The maximum Gasteiger partial charge on any atom is 0.410 e. The number of nitrogens with one attached hydrogen (secondary N) is 1. The van der Waals surface area contributed by atoms with Crippen LogP contribution >= 0.6 is 0 Å². The molecule has 5 heteroatoms. The van der Waals surface area contributed by atoms with E-state index in [1.54, 1.807) is 4.90 Å². The highest BCUT2D eigenvalue weighted by Crippen LogP contribution is 1.94. The molecule has 1 aliphatic heterocycles. The molecule has 0 bridgehead atoms. The second-order valence-electron chi connectivity index (χ2n) is 3.41. The summed E-state index contributed by atoms with van der Waals surface area (Å²) in [5.41, 5.74) is 0. The van der Waals surface area contributed by atoms with Crippen LogP contribution in [-0.2, 0) is 4.74 Å². The standard InChI is InChI=1S/C9H18N2O3/c1-2-14-9(13)11-5-3-10(4-6-11)7-8-12/h12H,2-8H2,1H3/p+1. The van der Waals surface area contributed by atoms with Crippen molar-refractivity contribution >= 4 is 6.09 Å². The molecule has 0 saturated carbocycles. The highest BCUT2D eigenvalue weighted by Gasteiger charge is 2.23. The van der Waals surface area contributed by atoms with E-state index in [0.29, 0.717) is 6.61 Å². The van der Waals surface area contributed by atoms with Crippen LogP contribution in [0.4, 0.5) is 4.79 Å². The fourth-order valence-electron chi connectivity index (χ4n) is 1.63. The summed E-state index contributed by atoms with van der Waals surface area (Å²) in [6, 6.07) is 0. The van der Waals surface area contributed by atoms with Crippen LogP contribution in [0.1, 0.15) is 6.92 Å². The Morgan fingerprint density at radius 1 is 1.50 bits per heavy atom. The van der Waals surface area contributed by atoms with Gasteiger partial charge in [0.25, 0.3) is 0 Å². The number of nitrogens with zero attached hydrogens (tertiary/aromatic N) is 1. The number of quaternary nitrogens is 1. The summed E-state index contributed by atoms with van der Waals surface area (Å²) in [5.74, 6) is 0. The van der Waals surface area contributed by atoms with Crippen molar-refractivity contribution in [2.24, 2.45) is 0 Å². The lowest BCUT2D eigenvalue weighted by Crippen LogP contribution is -3.15. The smallest absolute Gasteiger partial charge is 0.410 e. The van der Waals surface area contributed by atoms with E-state index >= 15 is 0 Å². The number of ether oxygens (including phenoxy) is 1. The summed E-state index contributed by atoms with van der Waals surface area (Å²) < 4.78 is 4.90. The van der Waals surface area contributed by atoms with Gasteiger partial charge in [0.15, 0.2) is 0 Å². The molecule has 1 rings (SSSR count). The van der Waals surface area contributed by atoms with Crippen molar-refractivity contribution < 1.29 is 19.5 Å². The highest BCUT2D eigenvalue weighted by atomic mass is 16.6. The molecule has 0 aromatic heterocycles. The minimum absolute atomic E-state index is 0.212. The molecular weight excluding hydrogens is 184 g/mol. The molecule has 2 N–H and O–H groups in total. The van der Waals surface area contributed by atoms with Crippen LogP contribution in [0.5, 0.6) is 0 Å². The molecular formula is C9H19N2O3+. The number of hydrogen-bond acceptors (Lipinski definition) is 3. The fraction of sp³-hybridized carbons (Fsp3) is 0.889. The Balaban J connectivity index is 2.24. The number of carbonyl (C=O) groups excluding carboxylic acids is 1. The number of aliphatic hydroxyl groups is 1. The number of hydrogen-bond donors (Lipinski definition) is 2. The average Bonchev–Trinajstić information content (AvgIpc) is 2.20. The molecule has 0 atom stereocenters. The first-order chi connectivity index (χ1) is 6.77. The van der Waals surface area contributed by atoms with Gasteiger partial charge in [-0.3, -0.25) is 4.90 Å². The van der Waals surface area contributed by atoms with Gasteiger partial charge in [-0.25, -0.2) is 4.79 Å². The fourth-order valence-corrected chi connectivity index (χ4v) is 1.63. The predicted molar refractivity (Wildman–Crippen MR) is 51.2 cm³/mol. The van der Waals surface area contributed by atoms with Crippen LogP contribution in [-0.4, -0.2) is 62.0 Å². The first kappa shape index (κ1) is 11.3. The largest absolute Gasteiger partial charge is 0.450 e. The molecule has 0 aromatic rings. The lowest BCUT2D eigenvalue weighted by atomic mass is 10.3. The summed E-state index contributed by atoms with van der Waals surface area (Å²) in [6.45, 7) is 6.50. The van der Waals surface area contributed by atoms with Crippen LogP contribution in [0, 0.1) is 0 Å². The van der Waals surface area contributed by atoms with E-state index in [1.165, 1.54) is 4.90 Å². The molecule has 5 nitrogen and oxygen atoms in total. The summed E-state index contributed by atoms with van der Waals surface area (Å²) in [4.78, 5) is 14.4. The van der Waals surface area contributed by atoms with Gasteiger partial charge in [-0.05, 0) is 6.92 Å². The first-order valence-electron chi connectivity index (χ1n) is 5.14. The van der Waals surface area contributed by atoms with Gasteiger partial charge in [-0.15, -0.1) is 0 Å². The van der Waals surface area contributed by atoms with Gasteiger partial charge in [-0.2, -0.15) is 0 Å². The second kappa shape index (κ2) is 5.82. The van der Waals surface area contributed by atoms with Crippen molar-refractivity contribution in [2.75, 3.05) is 45.9 Å². The Bertz CT molecular complexity index is 179. The number of amides is 1. The molecule has 1 aliphatic rings. The van der Waals surface area contributed by atoms with E-state index in [0.717, 1.165) is 32.7 Å². The minimum atomic E-state index is -0.212. The molecule has 1 amide bonds. The van der Waals surface area contributed by atoms with Gasteiger partial charge in [0, 0.05) is 0 Å². The van der Waals surface area contributed by atoms with E-state index in [-0.39, 0.29) is 12.7 Å². The summed E-state index contributed by atoms with van der Waals surface area (Å²) in [6.07, 6.45) is -0.212. The van der Waals surface area contributed by atoms with Crippen LogP contribution < -0.4 is 4.90 Å². The Kier molecular flexibility index (Phi) is 4.69. The molecule has 0 unspecified atom stereocenters. The average molecular weight is 203 g/mol. The van der Waals surface area contributed by atoms with Crippen molar-refractivity contribution in [3.63, 3.8) is 0 Å². The van der Waals surface area contributed by atoms with Gasteiger partial charge in [0.2, 0.25) is 0 Å². The Morgan fingerprint density at radius 3 is 2.64 bits per heavy atom. The van der Waals surface area contributed by atoms with Gasteiger partial charge in [0.05, 0.1) is 39.4 Å². The molecule has 1 saturated heterocycles. The van der Waals surface area contributed by atoms with E-state index in [2.05, 4.69) is 0 Å². The third-order valence-corrected chi connectivity index (χ3v) is 2.46. The summed E-state index contributed by atoms with van der Waals surface area (Å²) in [5, 5.41) is 8.75. The maximum absolute atomic E-state index is 11.3. The van der Waals surface area contributed by atoms with E-state index in [1.807, 2.05) is 6.92 Å². The zero-order valence-corrected chi connectivity index (χ0v) is 8.66. The Labute approximate surface area is 84.2 Å². The number of carbonyl (C=O) groups is 1. The van der Waals surface area contributed by atoms with Crippen LogP contribution in [0.15, 0.2) is 0 Å². The molecule has 1 heterocycles.